The van der Waals surface area contributed by atoms with Crippen LogP contribution in [0.3, 0.4) is 0 Å². The van der Waals surface area contributed by atoms with E-state index >= 15 is 0 Å². The van der Waals surface area contributed by atoms with Gasteiger partial charge in [0.2, 0.25) is 5.91 Å². The second-order valence-electron chi connectivity index (χ2n) is 7.01. The molecular weight excluding hydrogens is 343 g/mol. The average molecular weight is 370 g/mol. The van der Waals surface area contributed by atoms with Crippen LogP contribution in [0.15, 0.2) is 48.5 Å². The molecule has 0 atom stereocenters. The van der Waals surface area contributed by atoms with Gasteiger partial charge in [-0.05, 0) is 67.7 Å². The van der Waals surface area contributed by atoms with E-state index < -0.39 is 0 Å². The molecule has 1 saturated heterocycles. The number of carbonyl (C=O) groups is 1. The van der Waals surface area contributed by atoms with Gasteiger partial charge in [0.25, 0.3) is 0 Å². The van der Waals surface area contributed by atoms with E-state index in [1.807, 2.05) is 29.2 Å². The Kier molecular flexibility index (Phi) is 6.82. The number of amides is 1. The van der Waals surface area contributed by atoms with Crippen molar-refractivity contribution < 1.29 is 13.9 Å². The van der Waals surface area contributed by atoms with E-state index in [0.29, 0.717) is 13.1 Å². The quantitative estimate of drug-likeness (QED) is 0.812. The van der Waals surface area contributed by atoms with Crippen molar-refractivity contribution in [3.63, 3.8) is 0 Å². The molecule has 0 spiro atoms. The van der Waals surface area contributed by atoms with E-state index in [1.54, 1.807) is 19.2 Å². The largest absolute Gasteiger partial charge is 0.497 e. The van der Waals surface area contributed by atoms with Crippen LogP contribution in [-0.4, -0.2) is 37.6 Å². The molecule has 27 heavy (non-hydrogen) atoms. The third-order valence-corrected chi connectivity index (χ3v) is 5.12. The number of carbonyl (C=O) groups excluding carboxylic acids is 1. The fourth-order valence-corrected chi connectivity index (χ4v) is 3.46. The lowest BCUT2D eigenvalue weighted by Gasteiger charge is -2.30. The lowest BCUT2D eigenvalue weighted by atomic mass is 9.96. The highest BCUT2D eigenvalue weighted by Gasteiger charge is 2.25. The zero-order valence-electron chi connectivity index (χ0n) is 15.8. The smallest absolute Gasteiger partial charge is 0.226 e. The molecule has 0 unspecified atom stereocenters. The number of ether oxygens (including phenoxy) is 1. The van der Waals surface area contributed by atoms with Gasteiger partial charge in [0.15, 0.2) is 0 Å². The van der Waals surface area contributed by atoms with E-state index in [1.165, 1.54) is 12.1 Å². The molecule has 2 aromatic carbocycles. The van der Waals surface area contributed by atoms with Gasteiger partial charge in [-0.3, -0.25) is 4.79 Å². The number of hydrogen-bond acceptors (Lipinski definition) is 3. The van der Waals surface area contributed by atoms with Crippen LogP contribution in [0.1, 0.15) is 24.0 Å². The van der Waals surface area contributed by atoms with Gasteiger partial charge in [0.1, 0.15) is 11.6 Å². The number of hydrogen-bond donors (Lipinski definition) is 1. The third-order valence-electron chi connectivity index (χ3n) is 5.12. The molecule has 3 rings (SSSR count). The molecule has 0 bridgehead atoms. The van der Waals surface area contributed by atoms with E-state index in [0.717, 1.165) is 49.2 Å². The molecule has 4 nitrogen and oxygen atoms in total. The predicted octanol–water partition coefficient (Wildman–Crippen LogP) is 3.41. The first-order valence-electron chi connectivity index (χ1n) is 9.52. The van der Waals surface area contributed by atoms with Gasteiger partial charge in [-0.1, -0.05) is 24.3 Å². The van der Waals surface area contributed by atoms with Crippen LogP contribution < -0.4 is 10.1 Å². The van der Waals surface area contributed by atoms with Crippen LogP contribution in [0, 0.1) is 11.7 Å². The predicted molar refractivity (Wildman–Crippen MR) is 104 cm³/mol. The van der Waals surface area contributed by atoms with E-state index in [9.17, 15) is 9.18 Å². The summed E-state index contributed by atoms with van der Waals surface area (Å²) in [5, 5.41) is 3.31. The first-order valence-corrected chi connectivity index (χ1v) is 9.52. The van der Waals surface area contributed by atoms with Crippen LogP contribution in [-0.2, 0) is 17.8 Å². The maximum absolute atomic E-state index is 13.2. The number of piperidine rings is 1. The summed E-state index contributed by atoms with van der Waals surface area (Å²) in [5.74, 6) is 0.845. The zero-order valence-corrected chi connectivity index (χ0v) is 15.8. The molecule has 1 amide bonds. The van der Waals surface area contributed by atoms with E-state index in [4.69, 9.17) is 4.74 Å². The van der Waals surface area contributed by atoms with E-state index in [2.05, 4.69) is 5.32 Å². The Morgan fingerprint density at radius 1 is 1.07 bits per heavy atom. The minimum absolute atomic E-state index is 0.0718. The molecular formula is C22H27FN2O2. The molecule has 1 fully saturated rings. The van der Waals surface area contributed by atoms with Gasteiger partial charge < -0.3 is 15.0 Å². The second-order valence-corrected chi connectivity index (χ2v) is 7.01. The number of benzene rings is 2. The maximum Gasteiger partial charge on any atom is 0.226 e. The Hall–Kier alpha value is -2.40. The zero-order chi connectivity index (χ0) is 19.1. The first-order chi connectivity index (χ1) is 13.2. The van der Waals surface area contributed by atoms with Crippen LogP contribution in [0.2, 0.25) is 0 Å². The molecule has 0 aromatic heterocycles. The molecule has 5 heteroatoms. The molecule has 0 radical (unpaired) electrons. The van der Waals surface area contributed by atoms with Crippen molar-refractivity contribution in [3.05, 3.63) is 65.5 Å². The fourth-order valence-electron chi connectivity index (χ4n) is 3.46. The molecule has 1 aliphatic rings. The molecule has 144 valence electrons. The monoisotopic (exact) mass is 370 g/mol. The summed E-state index contributed by atoms with van der Waals surface area (Å²) in [6, 6.07) is 14.4. The standard InChI is InChI=1S/C22H27FN2O2/c1-27-21-8-4-17(5-9-21)12-15-25(16-18-2-6-20(23)7-3-18)22(26)19-10-13-24-14-11-19/h2-9,19,24H,10-16H2,1H3. The lowest BCUT2D eigenvalue weighted by molar-refractivity contribution is -0.137. The maximum atomic E-state index is 13.2. The SMILES string of the molecule is COc1ccc(CCN(Cc2ccc(F)cc2)C(=O)C2CCNCC2)cc1. The van der Waals surface area contributed by atoms with Gasteiger partial charge in [0.05, 0.1) is 7.11 Å². The molecule has 1 N–H and O–H groups in total. The molecule has 1 heterocycles. The first kappa shape index (κ1) is 19.4. The van der Waals surface area contributed by atoms with E-state index in [-0.39, 0.29) is 17.6 Å². The average Bonchev–Trinajstić information content (AvgIpc) is 2.73. The highest BCUT2D eigenvalue weighted by Crippen LogP contribution is 2.19. The molecule has 0 aliphatic carbocycles. The van der Waals surface area contributed by atoms with Crippen LogP contribution in [0.25, 0.3) is 0 Å². The van der Waals surface area contributed by atoms with Gasteiger partial charge in [-0.15, -0.1) is 0 Å². The Morgan fingerprint density at radius 3 is 2.33 bits per heavy atom. The van der Waals surface area contributed by atoms with Gasteiger partial charge in [-0.25, -0.2) is 4.39 Å². The Morgan fingerprint density at radius 2 is 1.70 bits per heavy atom. The highest BCUT2D eigenvalue weighted by atomic mass is 19.1. The summed E-state index contributed by atoms with van der Waals surface area (Å²) in [4.78, 5) is 15.0. The normalized spacial score (nSPS) is 14.7. The van der Waals surface area contributed by atoms with Crippen molar-refractivity contribution >= 4 is 5.91 Å². The Labute approximate surface area is 160 Å². The molecule has 1 aliphatic heterocycles. The summed E-state index contributed by atoms with van der Waals surface area (Å²) in [6.07, 6.45) is 2.53. The van der Waals surface area contributed by atoms with Crippen LogP contribution in [0.4, 0.5) is 4.39 Å². The highest BCUT2D eigenvalue weighted by molar-refractivity contribution is 5.79. The molecule has 2 aromatic rings. The van der Waals surface area contributed by atoms with Crippen LogP contribution >= 0.6 is 0 Å². The third kappa shape index (κ3) is 5.54. The van der Waals surface area contributed by atoms with Crippen LogP contribution in [0.5, 0.6) is 5.75 Å². The summed E-state index contributed by atoms with van der Waals surface area (Å²) in [5.41, 5.74) is 2.12. The number of nitrogens with zero attached hydrogens (tertiary/aromatic N) is 1. The summed E-state index contributed by atoms with van der Waals surface area (Å²) >= 11 is 0. The fraction of sp³-hybridized carbons (Fsp3) is 0.409. The summed E-state index contributed by atoms with van der Waals surface area (Å²) < 4.78 is 18.4. The minimum atomic E-state index is -0.256. The van der Waals surface area contributed by atoms with Gasteiger partial charge >= 0.3 is 0 Å². The Bertz CT molecular complexity index is 725. The lowest BCUT2D eigenvalue weighted by Crippen LogP contribution is -2.41. The minimum Gasteiger partial charge on any atom is -0.497 e. The topological polar surface area (TPSA) is 41.6 Å². The molecule has 0 saturated carbocycles. The Balaban J connectivity index is 1.69. The second kappa shape index (κ2) is 9.51. The number of halogens is 1. The van der Waals surface area contributed by atoms with Crippen molar-refractivity contribution in [3.8, 4) is 5.75 Å². The van der Waals surface area contributed by atoms with Crippen molar-refractivity contribution in [1.82, 2.24) is 10.2 Å². The summed E-state index contributed by atoms with van der Waals surface area (Å²) in [6.45, 7) is 2.93. The summed E-state index contributed by atoms with van der Waals surface area (Å²) in [7, 11) is 1.65. The van der Waals surface area contributed by atoms with Crippen molar-refractivity contribution in [2.45, 2.75) is 25.8 Å². The van der Waals surface area contributed by atoms with Gasteiger partial charge in [-0.2, -0.15) is 0 Å². The van der Waals surface area contributed by atoms with Crippen molar-refractivity contribution in [2.75, 3.05) is 26.7 Å². The van der Waals surface area contributed by atoms with Gasteiger partial charge in [0, 0.05) is 19.0 Å². The van der Waals surface area contributed by atoms with Crippen molar-refractivity contribution in [2.24, 2.45) is 5.92 Å². The number of rotatable bonds is 7. The van der Waals surface area contributed by atoms with Crippen molar-refractivity contribution in [1.29, 1.82) is 0 Å². The number of nitrogens with one attached hydrogen (secondary N) is 1. The number of methoxy groups -OCH3 is 1.